The summed E-state index contributed by atoms with van der Waals surface area (Å²) in [6, 6.07) is 8.49. The molecule has 1 amide bonds. The first-order valence-electron chi connectivity index (χ1n) is 7.67. The number of carbonyl (C=O) groups is 1. The number of rotatable bonds is 5. The Morgan fingerprint density at radius 2 is 1.86 bits per heavy atom. The molecule has 0 atom stereocenters. The van der Waals surface area contributed by atoms with Gasteiger partial charge in [0.2, 0.25) is 0 Å². The second kappa shape index (κ2) is 7.47. The molecule has 1 aliphatic heterocycles. The zero-order valence-corrected chi connectivity index (χ0v) is 13.3. The van der Waals surface area contributed by atoms with Gasteiger partial charge in [-0.2, -0.15) is 0 Å². The van der Waals surface area contributed by atoms with E-state index in [1.165, 1.54) is 44.1 Å². The van der Waals surface area contributed by atoms with E-state index in [1.807, 2.05) is 0 Å². The van der Waals surface area contributed by atoms with E-state index in [-0.39, 0.29) is 5.91 Å². The summed E-state index contributed by atoms with van der Waals surface area (Å²) in [6.45, 7) is 3.97. The first-order chi connectivity index (χ1) is 10.8. The minimum Gasteiger partial charge on any atom is -0.347 e. The average Bonchev–Trinajstić information content (AvgIpc) is 3.09. The third-order valence-electron chi connectivity index (χ3n) is 3.92. The summed E-state index contributed by atoms with van der Waals surface area (Å²) >= 11 is 1.11. The first kappa shape index (κ1) is 15.1. The predicted octanol–water partition coefficient (Wildman–Crippen LogP) is 2.45. The second-order valence-corrected chi connectivity index (χ2v) is 6.40. The molecule has 0 unspecified atom stereocenters. The molecular formula is C16H20N4OS. The van der Waals surface area contributed by atoms with Crippen LogP contribution >= 0.6 is 11.5 Å². The van der Waals surface area contributed by atoms with Crippen molar-refractivity contribution in [2.75, 3.05) is 13.1 Å². The normalized spacial score (nSPS) is 15.6. The van der Waals surface area contributed by atoms with Crippen LogP contribution in [0.1, 0.15) is 40.1 Å². The van der Waals surface area contributed by atoms with Crippen LogP contribution < -0.4 is 5.32 Å². The maximum atomic E-state index is 11.8. The lowest BCUT2D eigenvalue weighted by molar-refractivity contribution is 0.0955. The van der Waals surface area contributed by atoms with Crippen LogP contribution in [0.25, 0.3) is 0 Å². The Kier molecular flexibility index (Phi) is 5.13. The molecule has 1 aliphatic rings. The summed E-state index contributed by atoms with van der Waals surface area (Å²) in [6.07, 6.45) is 5.49. The molecular weight excluding hydrogens is 296 g/mol. The molecule has 0 aliphatic carbocycles. The van der Waals surface area contributed by atoms with Gasteiger partial charge in [0.15, 0.2) is 0 Å². The van der Waals surface area contributed by atoms with E-state index >= 15 is 0 Å². The molecule has 1 aromatic heterocycles. The zero-order valence-electron chi connectivity index (χ0n) is 12.5. The number of nitrogens with one attached hydrogen (secondary N) is 1. The SMILES string of the molecule is O=C(NCc1ccc(CN2CCCCC2)cc1)c1cnns1. The fourth-order valence-electron chi connectivity index (χ4n) is 2.67. The summed E-state index contributed by atoms with van der Waals surface area (Å²) in [4.78, 5) is 14.9. The van der Waals surface area contributed by atoms with Crippen molar-refractivity contribution in [1.82, 2.24) is 19.8 Å². The van der Waals surface area contributed by atoms with Crippen LogP contribution in [-0.2, 0) is 13.1 Å². The molecule has 5 nitrogen and oxygen atoms in total. The zero-order chi connectivity index (χ0) is 15.2. The molecule has 1 N–H and O–H groups in total. The fraction of sp³-hybridized carbons (Fsp3) is 0.438. The third-order valence-corrected chi connectivity index (χ3v) is 4.58. The maximum Gasteiger partial charge on any atom is 0.264 e. The minimum atomic E-state index is -0.118. The Morgan fingerprint density at radius 1 is 1.14 bits per heavy atom. The van der Waals surface area contributed by atoms with Gasteiger partial charge < -0.3 is 5.32 Å². The molecule has 0 spiro atoms. The van der Waals surface area contributed by atoms with E-state index in [0.717, 1.165) is 23.6 Å². The highest BCUT2D eigenvalue weighted by Crippen LogP contribution is 2.13. The molecule has 0 saturated carbocycles. The minimum absolute atomic E-state index is 0.118. The van der Waals surface area contributed by atoms with Gasteiger partial charge in [0.1, 0.15) is 4.88 Å². The summed E-state index contributed by atoms with van der Waals surface area (Å²) in [7, 11) is 0. The molecule has 0 bridgehead atoms. The summed E-state index contributed by atoms with van der Waals surface area (Å²) < 4.78 is 3.69. The lowest BCUT2D eigenvalue weighted by atomic mass is 10.1. The quantitative estimate of drug-likeness (QED) is 0.920. The van der Waals surface area contributed by atoms with E-state index < -0.39 is 0 Å². The Hall–Kier alpha value is -1.79. The molecule has 1 saturated heterocycles. The summed E-state index contributed by atoms with van der Waals surface area (Å²) in [5, 5.41) is 6.55. The van der Waals surface area contributed by atoms with Crippen LogP contribution in [0.5, 0.6) is 0 Å². The molecule has 2 heterocycles. The van der Waals surface area contributed by atoms with Crippen molar-refractivity contribution in [2.24, 2.45) is 0 Å². The smallest absolute Gasteiger partial charge is 0.264 e. The lowest BCUT2D eigenvalue weighted by Crippen LogP contribution is -2.29. The molecule has 3 rings (SSSR count). The Bertz CT molecular complexity index is 591. The van der Waals surface area contributed by atoms with Crippen LogP contribution in [0.15, 0.2) is 30.5 Å². The van der Waals surface area contributed by atoms with Gasteiger partial charge >= 0.3 is 0 Å². The average molecular weight is 316 g/mol. The number of hydrogen-bond donors (Lipinski definition) is 1. The standard InChI is InChI=1S/C16H20N4OS/c21-16(15-11-18-19-22-15)17-10-13-4-6-14(7-5-13)12-20-8-2-1-3-9-20/h4-7,11H,1-3,8-10,12H2,(H,17,21). The number of hydrogen-bond acceptors (Lipinski definition) is 5. The molecule has 1 aromatic carbocycles. The number of likely N-dealkylation sites (tertiary alicyclic amines) is 1. The Morgan fingerprint density at radius 3 is 2.55 bits per heavy atom. The number of piperidine rings is 1. The Labute approximate surface area is 134 Å². The Balaban J connectivity index is 1.49. The van der Waals surface area contributed by atoms with Gasteiger partial charge in [0.25, 0.3) is 5.91 Å². The highest BCUT2D eigenvalue weighted by Gasteiger charge is 2.10. The van der Waals surface area contributed by atoms with E-state index in [1.54, 1.807) is 0 Å². The van der Waals surface area contributed by atoms with Crippen molar-refractivity contribution in [3.8, 4) is 0 Å². The lowest BCUT2D eigenvalue weighted by Gasteiger charge is -2.26. The van der Waals surface area contributed by atoms with Crippen molar-refractivity contribution in [3.63, 3.8) is 0 Å². The summed E-state index contributed by atoms with van der Waals surface area (Å²) in [5.41, 5.74) is 2.44. The number of nitrogens with zero attached hydrogens (tertiary/aromatic N) is 3. The molecule has 0 radical (unpaired) electrons. The van der Waals surface area contributed by atoms with Gasteiger partial charge in [-0.05, 0) is 48.6 Å². The van der Waals surface area contributed by atoms with E-state index in [2.05, 4.69) is 44.1 Å². The molecule has 2 aromatic rings. The molecule has 6 heteroatoms. The largest absolute Gasteiger partial charge is 0.347 e. The van der Waals surface area contributed by atoms with Crippen LogP contribution in [0.2, 0.25) is 0 Å². The van der Waals surface area contributed by atoms with Crippen molar-refractivity contribution in [3.05, 3.63) is 46.5 Å². The number of amides is 1. The van der Waals surface area contributed by atoms with Gasteiger partial charge in [-0.3, -0.25) is 9.69 Å². The number of carbonyl (C=O) groups excluding carboxylic acids is 1. The van der Waals surface area contributed by atoms with Crippen molar-refractivity contribution < 1.29 is 4.79 Å². The van der Waals surface area contributed by atoms with Gasteiger partial charge in [-0.1, -0.05) is 35.2 Å². The second-order valence-electron chi connectivity index (χ2n) is 5.62. The summed E-state index contributed by atoms with van der Waals surface area (Å²) in [5.74, 6) is -0.118. The fourth-order valence-corrected chi connectivity index (χ4v) is 3.11. The maximum absolute atomic E-state index is 11.8. The van der Waals surface area contributed by atoms with Crippen molar-refractivity contribution >= 4 is 17.4 Å². The number of benzene rings is 1. The van der Waals surface area contributed by atoms with Gasteiger partial charge in [0, 0.05) is 13.1 Å². The van der Waals surface area contributed by atoms with Crippen LogP contribution in [0, 0.1) is 0 Å². The molecule has 1 fully saturated rings. The third kappa shape index (κ3) is 4.11. The van der Waals surface area contributed by atoms with Crippen molar-refractivity contribution in [1.29, 1.82) is 0 Å². The molecule has 116 valence electrons. The van der Waals surface area contributed by atoms with Gasteiger partial charge in [-0.25, -0.2) is 0 Å². The molecule has 22 heavy (non-hydrogen) atoms. The van der Waals surface area contributed by atoms with Gasteiger partial charge in [0.05, 0.1) is 6.20 Å². The van der Waals surface area contributed by atoms with Crippen LogP contribution in [-0.4, -0.2) is 33.5 Å². The van der Waals surface area contributed by atoms with Crippen LogP contribution in [0.4, 0.5) is 0 Å². The monoisotopic (exact) mass is 316 g/mol. The van der Waals surface area contributed by atoms with Gasteiger partial charge in [-0.15, -0.1) is 5.10 Å². The topological polar surface area (TPSA) is 58.1 Å². The van der Waals surface area contributed by atoms with Crippen molar-refractivity contribution in [2.45, 2.75) is 32.4 Å². The van der Waals surface area contributed by atoms with E-state index in [4.69, 9.17) is 0 Å². The van der Waals surface area contributed by atoms with E-state index in [0.29, 0.717) is 11.4 Å². The number of aromatic nitrogens is 2. The van der Waals surface area contributed by atoms with E-state index in [9.17, 15) is 4.79 Å². The predicted molar refractivity (Wildman–Crippen MR) is 86.6 cm³/mol. The highest BCUT2D eigenvalue weighted by atomic mass is 32.1. The van der Waals surface area contributed by atoms with Crippen LogP contribution in [0.3, 0.4) is 0 Å². The first-order valence-corrected chi connectivity index (χ1v) is 8.44. The highest BCUT2D eigenvalue weighted by molar-refractivity contribution is 7.07.